The van der Waals surface area contributed by atoms with Crippen molar-refractivity contribution in [2.24, 2.45) is 0 Å². The fourth-order valence-electron chi connectivity index (χ4n) is 5.18. The number of rotatable bonds is 19. The van der Waals surface area contributed by atoms with Crippen LogP contribution in [0.3, 0.4) is 0 Å². The van der Waals surface area contributed by atoms with E-state index in [2.05, 4.69) is 97.3 Å². The number of hydrogen-bond acceptors (Lipinski definition) is 6. The van der Waals surface area contributed by atoms with E-state index in [0.717, 1.165) is 26.2 Å². The molecule has 0 heterocycles. The first kappa shape index (κ1) is 37.4. The molecule has 0 amide bonds. The summed E-state index contributed by atoms with van der Waals surface area (Å²) in [6, 6.07) is 27.1. The molecule has 0 saturated carbocycles. The third-order valence-electron chi connectivity index (χ3n) is 7.55. The number of hydrogen-bond donors (Lipinski definition) is 3. The van der Waals surface area contributed by atoms with Crippen molar-refractivity contribution in [3.8, 4) is 0 Å². The van der Waals surface area contributed by atoms with Crippen LogP contribution in [0.5, 0.6) is 0 Å². The van der Waals surface area contributed by atoms with E-state index in [1.807, 2.05) is 23.5 Å². The molecule has 246 valence electrons. The lowest BCUT2D eigenvalue weighted by Crippen LogP contribution is -2.16. The zero-order valence-corrected chi connectivity index (χ0v) is 29.8. The van der Waals surface area contributed by atoms with Gasteiger partial charge in [-0.25, -0.2) is 0 Å². The zero-order chi connectivity index (χ0) is 32.3. The quantitative estimate of drug-likeness (QED) is 0.0522. The number of nitrogens with one attached hydrogen (secondary N) is 2. The van der Waals surface area contributed by atoms with Crippen LogP contribution in [0.15, 0.2) is 82.6 Å². The molecule has 45 heavy (non-hydrogen) atoms. The minimum absolute atomic E-state index is 0.715. The average Bonchev–Trinajstić information content (AvgIpc) is 3.02. The first-order valence-electron chi connectivity index (χ1n) is 16.4. The average molecular weight is 669 g/mol. The third kappa shape index (κ3) is 14.1. The molecular formula is C37H52N2O3S3. The molecule has 3 N–H and O–H groups in total. The molecule has 0 saturated heterocycles. The second kappa shape index (κ2) is 20.9. The normalized spacial score (nSPS) is 11.6. The van der Waals surface area contributed by atoms with Gasteiger partial charge in [0.25, 0.3) is 10.1 Å². The van der Waals surface area contributed by atoms with Crippen LogP contribution >= 0.6 is 23.5 Å². The molecule has 0 aliphatic carbocycles. The molecular weight excluding hydrogens is 617 g/mol. The molecule has 0 aliphatic rings. The Hall–Kier alpha value is -2.07. The summed E-state index contributed by atoms with van der Waals surface area (Å²) in [5, 5.41) is 13.0. The number of benzene rings is 4. The summed E-state index contributed by atoms with van der Waals surface area (Å²) >= 11 is 4.00. The molecule has 0 radical (unpaired) electrons. The van der Waals surface area contributed by atoms with Gasteiger partial charge in [0, 0.05) is 22.9 Å². The van der Waals surface area contributed by atoms with Gasteiger partial charge in [-0.2, -0.15) is 8.42 Å². The molecule has 4 aromatic carbocycles. The predicted molar refractivity (Wildman–Crippen MR) is 199 cm³/mol. The molecule has 0 aliphatic heterocycles. The maximum atomic E-state index is 9.19. The van der Waals surface area contributed by atoms with Crippen molar-refractivity contribution in [1.82, 2.24) is 10.6 Å². The second-order valence-corrected chi connectivity index (χ2v) is 15.2. The molecule has 0 aromatic heterocycles. The van der Waals surface area contributed by atoms with Gasteiger partial charge < -0.3 is 10.6 Å². The number of fused-ring (bicyclic) bond motifs is 2. The lowest BCUT2D eigenvalue weighted by Gasteiger charge is -2.12. The van der Waals surface area contributed by atoms with Gasteiger partial charge in [0.1, 0.15) is 0 Å². The van der Waals surface area contributed by atoms with Crippen LogP contribution in [0.4, 0.5) is 0 Å². The maximum Gasteiger partial charge on any atom is 0.261 e. The van der Waals surface area contributed by atoms with Crippen LogP contribution in [-0.2, 0) is 23.2 Å². The minimum Gasteiger partial charge on any atom is -0.313 e. The molecule has 4 rings (SSSR count). The predicted octanol–water partition coefficient (Wildman–Crippen LogP) is 9.72. The largest absolute Gasteiger partial charge is 0.313 e. The van der Waals surface area contributed by atoms with E-state index in [1.54, 1.807) is 0 Å². The summed E-state index contributed by atoms with van der Waals surface area (Å²) in [6.07, 6.45) is 10.8. The van der Waals surface area contributed by atoms with Crippen molar-refractivity contribution in [3.05, 3.63) is 83.9 Å². The van der Waals surface area contributed by atoms with E-state index in [0.29, 0.717) is 6.26 Å². The van der Waals surface area contributed by atoms with Crippen LogP contribution in [-0.4, -0.2) is 43.8 Å². The van der Waals surface area contributed by atoms with Gasteiger partial charge in [0.05, 0.1) is 6.26 Å². The van der Waals surface area contributed by atoms with E-state index in [4.69, 9.17) is 4.55 Å². The summed E-state index contributed by atoms with van der Waals surface area (Å²) < 4.78 is 25.9. The van der Waals surface area contributed by atoms with Gasteiger partial charge in [0.15, 0.2) is 0 Å². The molecule has 4 aromatic rings. The number of thioether (sulfide) groups is 2. The summed E-state index contributed by atoms with van der Waals surface area (Å²) in [4.78, 5) is 2.85. The van der Waals surface area contributed by atoms with Gasteiger partial charge in [0.2, 0.25) is 0 Å². The van der Waals surface area contributed by atoms with E-state index in [9.17, 15) is 8.42 Å². The van der Waals surface area contributed by atoms with Gasteiger partial charge in [-0.15, -0.1) is 23.5 Å². The fourth-order valence-corrected chi connectivity index (χ4v) is 7.48. The molecule has 8 heteroatoms. The molecule has 0 bridgehead atoms. The Balaban J connectivity index is 0.00000102. The minimum atomic E-state index is -3.67. The molecule has 5 nitrogen and oxygen atoms in total. The smallest absolute Gasteiger partial charge is 0.261 e. The Labute approximate surface area is 280 Å². The molecule has 0 atom stereocenters. The highest BCUT2D eigenvalue weighted by atomic mass is 32.2. The SMILES string of the molecule is CCCCSc1ccc(CNCCCCCCNCc2ccc(SCCCC)c3ccccc23)c2ccccc12.CS(=O)(=O)O. The Morgan fingerprint density at radius 2 is 0.956 bits per heavy atom. The highest BCUT2D eigenvalue weighted by molar-refractivity contribution is 7.99. The third-order valence-corrected chi connectivity index (χ3v) is 9.87. The van der Waals surface area contributed by atoms with Gasteiger partial charge in [-0.1, -0.05) is 100 Å². The first-order valence-corrected chi connectivity index (χ1v) is 20.2. The van der Waals surface area contributed by atoms with Crippen molar-refractivity contribution in [1.29, 1.82) is 0 Å². The van der Waals surface area contributed by atoms with Crippen LogP contribution in [0.25, 0.3) is 21.5 Å². The molecule has 0 spiro atoms. The molecule has 0 fully saturated rings. The Bertz CT molecular complexity index is 1430. The highest BCUT2D eigenvalue weighted by Crippen LogP contribution is 2.32. The van der Waals surface area contributed by atoms with Crippen LogP contribution in [0.2, 0.25) is 0 Å². The Kier molecular flexibility index (Phi) is 17.4. The Morgan fingerprint density at radius 3 is 1.33 bits per heavy atom. The topological polar surface area (TPSA) is 78.4 Å². The van der Waals surface area contributed by atoms with Crippen LogP contribution in [0, 0.1) is 0 Å². The monoisotopic (exact) mass is 668 g/mol. The summed E-state index contributed by atoms with van der Waals surface area (Å²) in [6.45, 7) is 8.60. The van der Waals surface area contributed by atoms with Gasteiger partial charge >= 0.3 is 0 Å². The Morgan fingerprint density at radius 1 is 0.578 bits per heavy atom. The van der Waals surface area contributed by atoms with Crippen molar-refractivity contribution >= 4 is 55.2 Å². The zero-order valence-electron chi connectivity index (χ0n) is 27.3. The first-order chi connectivity index (χ1) is 21.8. The lowest BCUT2D eigenvalue weighted by molar-refractivity contribution is 0.490. The standard InChI is InChI=1S/C36H48N2S2.CH4O3S/c1-3-5-25-39-35-21-19-29(31-15-9-11-17-33(31)35)27-37-23-13-7-8-14-24-38-28-30-20-22-36(40-26-6-4-2)34-18-12-10-16-32(30)34;1-5(2,3)4/h9-12,15-22,37-38H,3-8,13-14,23-28H2,1-2H3;1H3,(H,2,3,4). The van der Waals surface area contributed by atoms with E-state index in [-0.39, 0.29) is 0 Å². The van der Waals surface area contributed by atoms with E-state index < -0.39 is 10.1 Å². The van der Waals surface area contributed by atoms with Crippen molar-refractivity contribution in [3.63, 3.8) is 0 Å². The van der Waals surface area contributed by atoms with Crippen molar-refractivity contribution in [2.75, 3.05) is 30.9 Å². The van der Waals surface area contributed by atoms with Crippen LogP contribution < -0.4 is 10.6 Å². The van der Waals surface area contributed by atoms with Crippen molar-refractivity contribution in [2.45, 2.75) is 88.1 Å². The van der Waals surface area contributed by atoms with Gasteiger partial charge in [-0.05, 0) is 95.1 Å². The molecule has 0 unspecified atom stereocenters. The van der Waals surface area contributed by atoms with E-state index in [1.165, 1.54) is 105 Å². The summed E-state index contributed by atoms with van der Waals surface area (Å²) in [5.41, 5.74) is 2.83. The summed E-state index contributed by atoms with van der Waals surface area (Å²) in [5.74, 6) is 2.41. The van der Waals surface area contributed by atoms with Crippen molar-refractivity contribution < 1.29 is 13.0 Å². The van der Waals surface area contributed by atoms with Gasteiger partial charge in [-0.3, -0.25) is 4.55 Å². The van der Waals surface area contributed by atoms with E-state index >= 15 is 0 Å². The van der Waals surface area contributed by atoms with Crippen LogP contribution in [0.1, 0.15) is 76.3 Å². The lowest BCUT2D eigenvalue weighted by atomic mass is 10.0. The second-order valence-electron chi connectivity index (χ2n) is 11.4. The number of unbranched alkanes of at least 4 members (excludes halogenated alkanes) is 5. The highest BCUT2D eigenvalue weighted by Gasteiger charge is 2.08. The summed E-state index contributed by atoms with van der Waals surface area (Å²) in [7, 11) is -3.67. The fraction of sp³-hybridized carbons (Fsp3) is 0.459. The maximum absolute atomic E-state index is 9.19.